The van der Waals surface area contributed by atoms with E-state index >= 15 is 0 Å². The van der Waals surface area contributed by atoms with Crippen molar-refractivity contribution < 1.29 is 13.5 Å². The predicted octanol–water partition coefficient (Wildman–Crippen LogP) is 0.225. The van der Waals surface area contributed by atoms with Crippen LogP contribution in [0, 0.1) is 5.92 Å². The molecule has 2 nitrogen and oxygen atoms in total. The highest BCUT2D eigenvalue weighted by atomic mass is 19.3. The van der Waals surface area contributed by atoms with Crippen molar-refractivity contribution in [2.75, 3.05) is 13.2 Å². The van der Waals surface area contributed by atoms with E-state index in [9.17, 15) is 8.78 Å². The molecule has 0 aromatic heterocycles. The lowest BCUT2D eigenvalue weighted by molar-refractivity contribution is 0.0626. The van der Waals surface area contributed by atoms with Crippen LogP contribution in [0.1, 0.15) is 0 Å². The van der Waals surface area contributed by atoms with Crippen LogP contribution in [0.4, 0.5) is 8.78 Å². The molecule has 0 spiro atoms. The number of hydrogen-bond donors (Lipinski definition) is 1. The Morgan fingerprint density at radius 3 is 2.33 bits per heavy atom. The van der Waals surface area contributed by atoms with Crippen molar-refractivity contribution in [1.82, 2.24) is 0 Å². The van der Waals surface area contributed by atoms with Crippen LogP contribution < -0.4 is 5.73 Å². The van der Waals surface area contributed by atoms with Crippen LogP contribution in [-0.4, -0.2) is 25.7 Å². The van der Waals surface area contributed by atoms with Gasteiger partial charge in [-0.15, -0.1) is 0 Å². The van der Waals surface area contributed by atoms with E-state index in [1.165, 1.54) is 0 Å². The molecule has 1 heterocycles. The summed E-state index contributed by atoms with van der Waals surface area (Å²) in [6.07, 6.45) is -2.33. The van der Waals surface area contributed by atoms with Gasteiger partial charge >= 0.3 is 0 Å². The SMILES string of the molecule is N[C@H]1COC[C@H]1C(F)F. The molecule has 0 bridgehead atoms. The monoisotopic (exact) mass is 137 g/mol. The molecule has 9 heavy (non-hydrogen) atoms. The largest absolute Gasteiger partial charge is 0.379 e. The van der Waals surface area contributed by atoms with Gasteiger partial charge in [0.15, 0.2) is 0 Å². The minimum Gasteiger partial charge on any atom is -0.379 e. The van der Waals surface area contributed by atoms with E-state index in [4.69, 9.17) is 10.5 Å². The van der Waals surface area contributed by atoms with Gasteiger partial charge in [0, 0.05) is 6.04 Å². The molecule has 54 valence electrons. The number of nitrogens with two attached hydrogens (primary N) is 1. The van der Waals surface area contributed by atoms with E-state index in [-0.39, 0.29) is 13.2 Å². The summed E-state index contributed by atoms with van der Waals surface area (Å²) in [5, 5.41) is 0. The Hall–Kier alpha value is -0.220. The fourth-order valence-corrected chi connectivity index (χ4v) is 0.847. The van der Waals surface area contributed by atoms with Gasteiger partial charge in [0.2, 0.25) is 6.43 Å². The molecule has 4 heteroatoms. The van der Waals surface area contributed by atoms with E-state index in [0.717, 1.165) is 0 Å². The Kier molecular flexibility index (Phi) is 1.97. The minimum atomic E-state index is -2.33. The lowest BCUT2D eigenvalue weighted by atomic mass is 10.1. The van der Waals surface area contributed by atoms with Gasteiger partial charge in [0.25, 0.3) is 0 Å². The summed E-state index contributed by atoms with van der Waals surface area (Å²) in [6, 6.07) is -0.468. The molecule has 0 amide bonds. The van der Waals surface area contributed by atoms with Gasteiger partial charge in [-0.2, -0.15) is 0 Å². The molecule has 0 saturated carbocycles. The van der Waals surface area contributed by atoms with E-state index in [1.807, 2.05) is 0 Å². The predicted molar refractivity (Wildman–Crippen MR) is 28.3 cm³/mol. The maximum atomic E-state index is 11.8. The summed E-state index contributed by atoms with van der Waals surface area (Å²) in [7, 11) is 0. The second kappa shape index (κ2) is 2.58. The maximum absolute atomic E-state index is 11.8. The van der Waals surface area contributed by atoms with Crippen LogP contribution in [0.3, 0.4) is 0 Å². The van der Waals surface area contributed by atoms with Gasteiger partial charge in [0.05, 0.1) is 19.1 Å². The van der Waals surface area contributed by atoms with Gasteiger partial charge in [0.1, 0.15) is 0 Å². The molecule has 1 saturated heterocycles. The zero-order chi connectivity index (χ0) is 6.85. The third-order valence-electron chi connectivity index (χ3n) is 1.49. The van der Waals surface area contributed by atoms with Crippen molar-refractivity contribution in [2.24, 2.45) is 11.7 Å². The Balaban J connectivity index is 2.40. The number of ether oxygens (including phenoxy) is 1. The Bertz CT molecular complexity index is 99.0. The molecule has 0 radical (unpaired) electrons. The lowest BCUT2D eigenvalue weighted by Crippen LogP contribution is -2.32. The van der Waals surface area contributed by atoms with Crippen molar-refractivity contribution in [1.29, 1.82) is 0 Å². The first-order valence-electron chi connectivity index (χ1n) is 2.83. The van der Waals surface area contributed by atoms with E-state index < -0.39 is 18.4 Å². The molecule has 1 aliphatic heterocycles. The number of halogens is 2. The molecule has 2 atom stereocenters. The Labute approximate surface area is 52.0 Å². The fraction of sp³-hybridized carbons (Fsp3) is 1.00. The van der Waals surface area contributed by atoms with Crippen molar-refractivity contribution >= 4 is 0 Å². The first-order valence-corrected chi connectivity index (χ1v) is 2.83. The smallest absolute Gasteiger partial charge is 0.245 e. The van der Waals surface area contributed by atoms with Crippen LogP contribution >= 0.6 is 0 Å². The Morgan fingerprint density at radius 1 is 1.44 bits per heavy atom. The number of alkyl halides is 2. The normalized spacial score (nSPS) is 36.0. The molecule has 0 aromatic rings. The topological polar surface area (TPSA) is 35.2 Å². The minimum absolute atomic E-state index is 0.110. The van der Waals surface area contributed by atoms with Gasteiger partial charge < -0.3 is 10.5 Å². The van der Waals surface area contributed by atoms with Crippen molar-refractivity contribution in [3.05, 3.63) is 0 Å². The lowest BCUT2D eigenvalue weighted by Gasteiger charge is -2.09. The fourth-order valence-electron chi connectivity index (χ4n) is 0.847. The highest BCUT2D eigenvalue weighted by Gasteiger charge is 2.32. The van der Waals surface area contributed by atoms with Crippen LogP contribution in [-0.2, 0) is 4.74 Å². The second-order valence-corrected chi connectivity index (χ2v) is 2.20. The summed E-state index contributed by atoms with van der Waals surface area (Å²) in [5.74, 6) is -0.745. The molecule has 0 aliphatic carbocycles. The third-order valence-corrected chi connectivity index (χ3v) is 1.49. The first kappa shape index (κ1) is 6.89. The van der Waals surface area contributed by atoms with Crippen LogP contribution in [0.15, 0.2) is 0 Å². The van der Waals surface area contributed by atoms with Gasteiger partial charge in [-0.05, 0) is 0 Å². The maximum Gasteiger partial charge on any atom is 0.245 e. The number of hydrogen-bond acceptors (Lipinski definition) is 2. The third kappa shape index (κ3) is 1.37. The summed E-state index contributed by atoms with van der Waals surface area (Å²) in [6.45, 7) is 0.383. The van der Waals surface area contributed by atoms with E-state index in [1.54, 1.807) is 0 Å². The molecule has 1 rings (SSSR count). The highest BCUT2D eigenvalue weighted by Crippen LogP contribution is 2.18. The zero-order valence-corrected chi connectivity index (χ0v) is 4.89. The Morgan fingerprint density at radius 2 is 2.11 bits per heavy atom. The second-order valence-electron chi connectivity index (χ2n) is 2.20. The standard InChI is InChI=1S/C5H9F2NO/c6-5(7)3-1-9-2-4(3)8/h3-5H,1-2,8H2/t3-,4+/m1/s1. The average Bonchev–Trinajstić information content (AvgIpc) is 2.13. The van der Waals surface area contributed by atoms with Crippen LogP contribution in [0.5, 0.6) is 0 Å². The molecular formula is C5H9F2NO. The van der Waals surface area contributed by atoms with Crippen LogP contribution in [0.25, 0.3) is 0 Å². The molecule has 2 N–H and O–H groups in total. The highest BCUT2D eigenvalue weighted by molar-refractivity contribution is 4.79. The van der Waals surface area contributed by atoms with Gasteiger partial charge in [-0.25, -0.2) is 8.78 Å². The number of rotatable bonds is 1. The van der Waals surface area contributed by atoms with E-state index in [0.29, 0.717) is 0 Å². The van der Waals surface area contributed by atoms with E-state index in [2.05, 4.69) is 0 Å². The molecular weight excluding hydrogens is 128 g/mol. The zero-order valence-electron chi connectivity index (χ0n) is 4.89. The molecule has 0 unspecified atom stereocenters. The average molecular weight is 137 g/mol. The van der Waals surface area contributed by atoms with Crippen LogP contribution in [0.2, 0.25) is 0 Å². The quantitative estimate of drug-likeness (QED) is 0.561. The summed E-state index contributed by atoms with van der Waals surface area (Å²) < 4.78 is 28.4. The first-order chi connectivity index (χ1) is 4.22. The van der Waals surface area contributed by atoms with Crippen molar-refractivity contribution in [2.45, 2.75) is 12.5 Å². The van der Waals surface area contributed by atoms with Gasteiger partial charge in [-0.1, -0.05) is 0 Å². The summed E-state index contributed by atoms with van der Waals surface area (Å²) >= 11 is 0. The van der Waals surface area contributed by atoms with Crippen molar-refractivity contribution in [3.8, 4) is 0 Å². The molecule has 0 aromatic carbocycles. The summed E-state index contributed by atoms with van der Waals surface area (Å²) in [5.41, 5.74) is 5.27. The molecule has 1 aliphatic rings. The summed E-state index contributed by atoms with van der Waals surface area (Å²) in [4.78, 5) is 0. The van der Waals surface area contributed by atoms with Crippen molar-refractivity contribution in [3.63, 3.8) is 0 Å². The van der Waals surface area contributed by atoms with Gasteiger partial charge in [-0.3, -0.25) is 0 Å². The molecule has 1 fully saturated rings.